The molecule has 1 aromatic heterocycles. The number of aromatic nitrogens is 1. The summed E-state index contributed by atoms with van der Waals surface area (Å²) in [4.78, 5) is 36.5. The number of aryl methyl sites for hydroxylation is 1. The van der Waals surface area contributed by atoms with E-state index in [2.05, 4.69) is 15.4 Å². The summed E-state index contributed by atoms with van der Waals surface area (Å²) in [5.74, 6) is -2.53. The van der Waals surface area contributed by atoms with Crippen molar-refractivity contribution in [2.45, 2.75) is 25.7 Å². The van der Waals surface area contributed by atoms with Gasteiger partial charge in [0.25, 0.3) is 5.56 Å². The van der Waals surface area contributed by atoms with E-state index in [9.17, 15) is 37.8 Å². The monoisotopic (exact) mass is 579 g/mol. The third kappa shape index (κ3) is 9.46. The van der Waals surface area contributed by atoms with Gasteiger partial charge in [-0.2, -0.15) is 0 Å². The summed E-state index contributed by atoms with van der Waals surface area (Å²) < 4.78 is 48.4. The van der Waals surface area contributed by atoms with Crippen LogP contribution in [-0.4, -0.2) is 30.0 Å². The number of methoxy groups -OCH3 is 1. The smallest absolute Gasteiger partial charge is 0.871 e. The van der Waals surface area contributed by atoms with Gasteiger partial charge in [0.05, 0.1) is 13.2 Å². The number of urea groups is 1. The Labute approximate surface area is 271 Å². The maximum absolute atomic E-state index is 12.7. The van der Waals surface area contributed by atoms with Gasteiger partial charge < -0.3 is 39.7 Å². The maximum Gasteiger partial charge on any atom is 1.00 e. The van der Waals surface area contributed by atoms with Gasteiger partial charge in [-0.3, -0.25) is 4.79 Å². The van der Waals surface area contributed by atoms with E-state index in [4.69, 9.17) is 4.74 Å². The number of alkyl halides is 3. The van der Waals surface area contributed by atoms with Crippen LogP contribution in [0.4, 0.5) is 23.7 Å². The standard InChI is InChI=1S/C25H24F3N3O7.2Na/c1-13-7-20(32)22(23(35)31(13)2)30-24(36)29-19(12-21(33)34)16-8-15(10-18(11-16)37-3)14-5-4-6-17(9-14)38-25(26,27)28;;/h4-11,19,32H,12H2,1-3H3,(H,33,34)(H2,29,30,36);;/q;2*+1/p-2/t19-;;/m0../s1. The molecule has 2 amide bonds. The second-order valence-electron chi connectivity index (χ2n) is 8.19. The predicted octanol–water partition coefficient (Wildman–Crippen LogP) is -3.65. The van der Waals surface area contributed by atoms with Crippen molar-refractivity contribution in [3.05, 3.63) is 70.1 Å². The molecule has 2 N–H and O–H groups in total. The van der Waals surface area contributed by atoms with E-state index < -0.39 is 53.6 Å². The van der Waals surface area contributed by atoms with E-state index in [1.165, 1.54) is 51.4 Å². The van der Waals surface area contributed by atoms with Gasteiger partial charge in [-0.25, -0.2) is 4.79 Å². The minimum absolute atomic E-state index is 0. The summed E-state index contributed by atoms with van der Waals surface area (Å²) in [6.45, 7) is 1.54. The summed E-state index contributed by atoms with van der Waals surface area (Å²) in [5.41, 5.74) is -0.120. The second kappa shape index (κ2) is 14.8. The Balaban J connectivity index is 0.00000400. The number of carboxylic acid groups (broad SMARTS) is 1. The van der Waals surface area contributed by atoms with E-state index in [1.807, 2.05) is 0 Å². The minimum atomic E-state index is -4.91. The molecule has 202 valence electrons. The van der Waals surface area contributed by atoms with Gasteiger partial charge in [0.15, 0.2) is 0 Å². The zero-order chi connectivity index (χ0) is 28.2. The molecule has 0 fully saturated rings. The Morgan fingerprint density at radius 3 is 2.30 bits per heavy atom. The summed E-state index contributed by atoms with van der Waals surface area (Å²) in [6, 6.07) is 8.29. The Morgan fingerprint density at radius 2 is 1.70 bits per heavy atom. The third-order valence-electron chi connectivity index (χ3n) is 5.52. The van der Waals surface area contributed by atoms with Crippen molar-refractivity contribution in [3.63, 3.8) is 0 Å². The number of aliphatic carboxylic acids is 1. The van der Waals surface area contributed by atoms with Crippen molar-refractivity contribution in [3.8, 4) is 28.4 Å². The second-order valence-corrected chi connectivity index (χ2v) is 8.19. The average molecular weight is 579 g/mol. The first-order chi connectivity index (χ1) is 17.8. The number of benzene rings is 2. The SMILES string of the molecule is COc1cc(-c2cccc(OC(F)(F)F)c2)cc([C@H](CC(=O)[O-])NC(=O)Nc2c([O-])cc(C)n(C)c2=O)c1.[Na+].[Na+]. The molecular weight excluding hydrogens is 557 g/mol. The summed E-state index contributed by atoms with van der Waals surface area (Å²) in [5, 5.41) is 28.2. The summed E-state index contributed by atoms with van der Waals surface area (Å²) >= 11 is 0. The van der Waals surface area contributed by atoms with Crippen molar-refractivity contribution in [1.29, 1.82) is 0 Å². The first-order valence-electron chi connectivity index (χ1n) is 11.0. The topological polar surface area (TPSA) is 145 Å². The fourth-order valence-corrected chi connectivity index (χ4v) is 3.61. The van der Waals surface area contributed by atoms with Crippen LogP contribution >= 0.6 is 0 Å². The molecule has 0 saturated heterocycles. The minimum Gasteiger partial charge on any atom is -0.871 e. The fraction of sp³-hybridized carbons (Fsp3) is 0.240. The number of rotatable bonds is 8. The average Bonchev–Trinajstić information content (AvgIpc) is 2.83. The van der Waals surface area contributed by atoms with Gasteiger partial charge in [0.2, 0.25) is 0 Å². The Kier molecular flexibility index (Phi) is 13.1. The zero-order valence-electron chi connectivity index (χ0n) is 22.3. The molecule has 0 saturated carbocycles. The van der Waals surface area contributed by atoms with Crippen LogP contribution in [0.1, 0.15) is 23.7 Å². The van der Waals surface area contributed by atoms with Crippen molar-refractivity contribution >= 4 is 17.7 Å². The molecule has 0 radical (unpaired) electrons. The van der Waals surface area contributed by atoms with Gasteiger partial charge in [-0.15, -0.1) is 13.2 Å². The number of nitrogens with zero attached hydrogens (tertiary/aromatic N) is 1. The molecule has 0 aliphatic heterocycles. The molecule has 3 rings (SSSR count). The van der Waals surface area contributed by atoms with E-state index >= 15 is 0 Å². The van der Waals surface area contributed by atoms with Crippen molar-refractivity contribution in [1.82, 2.24) is 9.88 Å². The van der Waals surface area contributed by atoms with Crippen LogP contribution in [0.2, 0.25) is 0 Å². The van der Waals surface area contributed by atoms with E-state index in [1.54, 1.807) is 0 Å². The zero-order valence-corrected chi connectivity index (χ0v) is 26.3. The number of halogens is 3. The largest absolute Gasteiger partial charge is 1.00 e. The molecule has 10 nitrogen and oxygen atoms in total. The fourth-order valence-electron chi connectivity index (χ4n) is 3.61. The van der Waals surface area contributed by atoms with Crippen molar-refractivity contribution in [2.24, 2.45) is 7.05 Å². The Bertz CT molecular complexity index is 1430. The number of hydrogen-bond donors (Lipinski definition) is 2. The van der Waals surface area contributed by atoms with Gasteiger partial charge in [-0.1, -0.05) is 17.9 Å². The first-order valence-corrected chi connectivity index (χ1v) is 11.0. The van der Waals surface area contributed by atoms with Gasteiger partial charge >= 0.3 is 71.5 Å². The quantitative estimate of drug-likeness (QED) is 0.262. The van der Waals surface area contributed by atoms with Gasteiger partial charge in [0, 0.05) is 25.1 Å². The molecule has 40 heavy (non-hydrogen) atoms. The van der Waals surface area contributed by atoms with E-state index in [0.717, 1.165) is 22.8 Å². The van der Waals surface area contributed by atoms with Crippen molar-refractivity contribution in [2.75, 3.05) is 12.4 Å². The number of anilines is 1. The Hall–Kier alpha value is -2.68. The number of nitrogens with one attached hydrogen (secondary N) is 2. The molecule has 1 heterocycles. The summed E-state index contributed by atoms with van der Waals surface area (Å²) in [7, 11) is 2.73. The van der Waals surface area contributed by atoms with Crippen LogP contribution in [0.3, 0.4) is 0 Å². The van der Waals surface area contributed by atoms with Crippen LogP contribution in [0.15, 0.2) is 53.3 Å². The van der Waals surface area contributed by atoms with Gasteiger partial charge in [0.1, 0.15) is 17.2 Å². The number of pyridine rings is 1. The number of carbonyl (C=O) groups is 2. The molecule has 0 aliphatic rings. The molecule has 2 aromatic carbocycles. The predicted molar refractivity (Wildman–Crippen MR) is 125 cm³/mol. The summed E-state index contributed by atoms with van der Waals surface area (Å²) in [6.07, 6.45) is -5.62. The van der Waals surface area contributed by atoms with Crippen LogP contribution < -0.4 is 95.0 Å². The normalized spacial score (nSPS) is 11.3. The van der Waals surface area contributed by atoms with Crippen molar-refractivity contribution < 1.29 is 102 Å². The molecule has 0 bridgehead atoms. The molecule has 0 unspecified atom stereocenters. The first kappa shape index (κ1) is 35.3. The molecule has 15 heteroatoms. The Morgan fingerprint density at radius 1 is 1.05 bits per heavy atom. The third-order valence-corrected chi connectivity index (χ3v) is 5.52. The maximum atomic E-state index is 12.7. The number of ether oxygens (including phenoxy) is 2. The van der Waals surface area contributed by atoms with Crippen LogP contribution in [0.5, 0.6) is 17.2 Å². The number of carboxylic acids is 1. The molecule has 0 spiro atoms. The number of carbonyl (C=O) groups excluding carboxylic acids is 2. The molecule has 3 aromatic rings. The molecular formula is C25H22F3N3Na2O7. The molecule has 0 aliphatic carbocycles. The van der Waals surface area contributed by atoms with Crippen LogP contribution in [0.25, 0.3) is 11.1 Å². The molecule has 1 atom stereocenters. The van der Waals surface area contributed by atoms with E-state index in [-0.39, 0.29) is 76.0 Å². The number of amides is 2. The van der Waals surface area contributed by atoms with Crippen LogP contribution in [0, 0.1) is 6.92 Å². The van der Waals surface area contributed by atoms with Gasteiger partial charge in [-0.05, 0) is 60.0 Å². The van der Waals surface area contributed by atoms with Crippen LogP contribution in [-0.2, 0) is 11.8 Å². The van der Waals surface area contributed by atoms with E-state index in [0.29, 0.717) is 11.3 Å². The number of hydrogen-bond acceptors (Lipinski definition) is 7.